The fourth-order valence-electron chi connectivity index (χ4n) is 2.98. The quantitative estimate of drug-likeness (QED) is 0.911. The summed E-state index contributed by atoms with van der Waals surface area (Å²) in [5.74, 6) is 0.922. The number of H-pyrrole nitrogens is 1. The molecule has 1 unspecified atom stereocenters. The molecule has 4 nitrogen and oxygen atoms in total. The van der Waals surface area contributed by atoms with Gasteiger partial charge >= 0.3 is 0 Å². The van der Waals surface area contributed by atoms with Gasteiger partial charge in [-0.2, -0.15) is 0 Å². The van der Waals surface area contributed by atoms with Crippen molar-refractivity contribution >= 4 is 0 Å². The van der Waals surface area contributed by atoms with Crippen LogP contribution in [0.1, 0.15) is 54.0 Å². The average molecular weight is 269 g/mol. The van der Waals surface area contributed by atoms with E-state index in [0.29, 0.717) is 0 Å². The fraction of sp³-hybridized carbons (Fsp3) is 0.438. The van der Waals surface area contributed by atoms with Crippen molar-refractivity contribution in [3.05, 3.63) is 57.0 Å². The van der Waals surface area contributed by atoms with Crippen LogP contribution in [0, 0.1) is 6.92 Å². The summed E-state index contributed by atoms with van der Waals surface area (Å²) in [7, 11) is 0. The van der Waals surface area contributed by atoms with Gasteiger partial charge in [0.25, 0.3) is 5.56 Å². The van der Waals surface area contributed by atoms with E-state index in [4.69, 9.17) is 0 Å². The Balaban J connectivity index is 2.15. The molecule has 2 heterocycles. The van der Waals surface area contributed by atoms with Crippen LogP contribution in [0.5, 0.6) is 0 Å². The highest BCUT2D eigenvalue weighted by Crippen LogP contribution is 2.34. The van der Waals surface area contributed by atoms with Crippen LogP contribution in [0.4, 0.5) is 0 Å². The largest absolute Gasteiger partial charge is 0.310 e. The Morgan fingerprint density at radius 1 is 1.40 bits per heavy atom. The Kier molecular flexibility index (Phi) is 3.38. The number of nitrogens with one attached hydrogen (secondary N) is 1. The van der Waals surface area contributed by atoms with Crippen molar-refractivity contribution in [1.29, 1.82) is 0 Å². The van der Waals surface area contributed by atoms with Gasteiger partial charge in [0.05, 0.1) is 11.4 Å². The molecule has 1 aliphatic rings. The average Bonchev–Trinajstić information content (AvgIpc) is 2.49. The second-order valence-corrected chi connectivity index (χ2v) is 5.37. The summed E-state index contributed by atoms with van der Waals surface area (Å²) in [6.45, 7) is 3.86. The molecule has 1 aliphatic carbocycles. The Labute approximate surface area is 118 Å². The summed E-state index contributed by atoms with van der Waals surface area (Å²) in [5.41, 5.74) is 4.01. The SMILES string of the molecule is CCc1nc(C2CCCc3cccnc32)c(C)c(=O)[nH]1. The summed E-state index contributed by atoms with van der Waals surface area (Å²) in [6, 6.07) is 4.12. The minimum absolute atomic E-state index is 0.0186. The van der Waals surface area contributed by atoms with Gasteiger partial charge in [-0.1, -0.05) is 13.0 Å². The van der Waals surface area contributed by atoms with E-state index in [1.807, 2.05) is 26.1 Å². The first kappa shape index (κ1) is 13.0. The fourth-order valence-corrected chi connectivity index (χ4v) is 2.98. The number of rotatable bonds is 2. The zero-order valence-corrected chi connectivity index (χ0v) is 11.9. The lowest BCUT2D eigenvalue weighted by Gasteiger charge is -2.25. The molecule has 4 heteroatoms. The minimum atomic E-state index is -0.0186. The molecule has 3 rings (SSSR count). The van der Waals surface area contributed by atoms with Gasteiger partial charge < -0.3 is 4.98 Å². The standard InChI is InChI=1S/C16H19N3O/c1-3-13-18-14(10(2)16(20)19-13)12-8-4-6-11-7-5-9-17-15(11)12/h5,7,9,12H,3-4,6,8H2,1-2H3,(H,18,19,20). The molecule has 104 valence electrons. The van der Waals surface area contributed by atoms with Crippen molar-refractivity contribution in [2.45, 2.75) is 45.4 Å². The second-order valence-electron chi connectivity index (χ2n) is 5.37. The number of aromatic nitrogens is 3. The molecule has 20 heavy (non-hydrogen) atoms. The van der Waals surface area contributed by atoms with E-state index in [0.717, 1.165) is 48.5 Å². The van der Waals surface area contributed by atoms with E-state index in [-0.39, 0.29) is 11.5 Å². The van der Waals surface area contributed by atoms with Gasteiger partial charge in [0.1, 0.15) is 5.82 Å². The van der Waals surface area contributed by atoms with E-state index < -0.39 is 0 Å². The molecule has 0 amide bonds. The summed E-state index contributed by atoms with van der Waals surface area (Å²) >= 11 is 0. The molecule has 0 saturated carbocycles. The van der Waals surface area contributed by atoms with E-state index >= 15 is 0 Å². The lowest BCUT2D eigenvalue weighted by Crippen LogP contribution is -2.22. The summed E-state index contributed by atoms with van der Waals surface area (Å²) < 4.78 is 0. The lowest BCUT2D eigenvalue weighted by molar-refractivity contribution is 0.579. The number of aryl methyl sites for hydroxylation is 2. The molecule has 0 fully saturated rings. The molecule has 2 aromatic heterocycles. The highest BCUT2D eigenvalue weighted by molar-refractivity contribution is 5.35. The molecule has 1 N–H and O–H groups in total. The maximum atomic E-state index is 12.1. The molecule has 1 atom stereocenters. The second kappa shape index (κ2) is 5.19. The lowest BCUT2D eigenvalue weighted by atomic mass is 9.83. The summed E-state index contributed by atoms with van der Waals surface area (Å²) in [6.07, 6.45) is 5.79. The number of pyridine rings is 1. The Hall–Kier alpha value is -1.97. The third-order valence-electron chi connectivity index (χ3n) is 4.10. The molecule has 0 spiro atoms. The van der Waals surface area contributed by atoms with Crippen LogP contribution in [-0.4, -0.2) is 15.0 Å². The Morgan fingerprint density at radius 3 is 3.05 bits per heavy atom. The number of fused-ring (bicyclic) bond motifs is 1. The molecule has 0 aromatic carbocycles. The zero-order chi connectivity index (χ0) is 14.1. The van der Waals surface area contributed by atoms with Gasteiger partial charge in [-0.15, -0.1) is 0 Å². The predicted octanol–water partition coefficient (Wildman–Crippen LogP) is 2.50. The molecular weight excluding hydrogens is 250 g/mol. The van der Waals surface area contributed by atoms with E-state index in [1.54, 1.807) is 0 Å². The van der Waals surface area contributed by atoms with Gasteiger partial charge in [0.2, 0.25) is 0 Å². The smallest absolute Gasteiger partial charge is 0.254 e. The minimum Gasteiger partial charge on any atom is -0.310 e. The normalized spacial score (nSPS) is 17.8. The van der Waals surface area contributed by atoms with E-state index in [2.05, 4.69) is 21.0 Å². The van der Waals surface area contributed by atoms with Gasteiger partial charge in [0.15, 0.2) is 0 Å². The first-order chi connectivity index (χ1) is 9.70. The van der Waals surface area contributed by atoms with Crippen molar-refractivity contribution in [1.82, 2.24) is 15.0 Å². The number of hydrogen-bond donors (Lipinski definition) is 1. The molecule has 0 aliphatic heterocycles. The highest BCUT2D eigenvalue weighted by Gasteiger charge is 2.26. The topological polar surface area (TPSA) is 58.6 Å². The summed E-state index contributed by atoms with van der Waals surface area (Å²) in [4.78, 5) is 24.1. The molecule has 0 saturated heterocycles. The van der Waals surface area contributed by atoms with Crippen molar-refractivity contribution in [2.24, 2.45) is 0 Å². The number of aromatic amines is 1. The maximum Gasteiger partial charge on any atom is 0.254 e. The summed E-state index contributed by atoms with van der Waals surface area (Å²) in [5, 5.41) is 0. The van der Waals surface area contributed by atoms with Crippen LogP contribution in [0.2, 0.25) is 0 Å². The number of nitrogens with zero attached hydrogens (tertiary/aromatic N) is 2. The van der Waals surface area contributed by atoms with Crippen molar-refractivity contribution in [3.63, 3.8) is 0 Å². The molecular formula is C16H19N3O. The van der Waals surface area contributed by atoms with Crippen LogP contribution < -0.4 is 5.56 Å². The van der Waals surface area contributed by atoms with Crippen LogP contribution in [0.15, 0.2) is 23.1 Å². The molecule has 0 bridgehead atoms. The van der Waals surface area contributed by atoms with Crippen molar-refractivity contribution in [2.75, 3.05) is 0 Å². The van der Waals surface area contributed by atoms with Crippen LogP contribution in [-0.2, 0) is 12.8 Å². The van der Waals surface area contributed by atoms with Crippen molar-refractivity contribution in [3.8, 4) is 0 Å². The van der Waals surface area contributed by atoms with Gasteiger partial charge in [-0.25, -0.2) is 4.98 Å². The third kappa shape index (κ3) is 2.15. The van der Waals surface area contributed by atoms with Gasteiger partial charge in [-0.3, -0.25) is 9.78 Å². The Bertz CT molecular complexity index is 690. The first-order valence-corrected chi connectivity index (χ1v) is 7.24. The van der Waals surface area contributed by atoms with E-state index in [1.165, 1.54) is 5.56 Å². The predicted molar refractivity (Wildman–Crippen MR) is 78.0 cm³/mol. The Morgan fingerprint density at radius 2 is 2.25 bits per heavy atom. The van der Waals surface area contributed by atoms with Crippen LogP contribution >= 0.6 is 0 Å². The zero-order valence-electron chi connectivity index (χ0n) is 11.9. The van der Waals surface area contributed by atoms with Gasteiger partial charge in [-0.05, 0) is 37.8 Å². The van der Waals surface area contributed by atoms with Crippen LogP contribution in [0.25, 0.3) is 0 Å². The van der Waals surface area contributed by atoms with Crippen molar-refractivity contribution < 1.29 is 0 Å². The molecule has 2 aromatic rings. The van der Waals surface area contributed by atoms with E-state index in [9.17, 15) is 4.79 Å². The molecule has 0 radical (unpaired) electrons. The highest BCUT2D eigenvalue weighted by atomic mass is 16.1. The number of hydrogen-bond acceptors (Lipinski definition) is 3. The monoisotopic (exact) mass is 269 g/mol. The maximum absolute atomic E-state index is 12.1. The first-order valence-electron chi connectivity index (χ1n) is 7.24. The third-order valence-corrected chi connectivity index (χ3v) is 4.10. The van der Waals surface area contributed by atoms with Crippen LogP contribution in [0.3, 0.4) is 0 Å². The van der Waals surface area contributed by atoms with Gasteiger partial charge in [0, 0.05) is 24.1 Å².